The molecule has 0 fully saturated rings. The summed E-state index contributed by atoms with van der Waals surface area (Å²) in [6, 6.07) is 6.24. The average molecular weight is 222 g/mol. The highest BCUT2D eigenvalue weighted by Crippen LogP contribution is 2.06. The second kappa shape index (κ2) is 6.77. The zero-order valence-corrected chi connectivity index (χ0v) is 9.28. The first kappa shape index (κ1) is 12.4. The van der Waals surface area contributed by atoms with E-state index in [0.29, 0.717) is 13.0 Å². The van der Waals surface area contributed by atoms with Gasteiger partial charge in [-0.3, -0.25) is 4.79 Å². The van der Waals surface area contributed by atoms with Crippen LogP contribution in [0.1, 0.15) is 18.9 Å². The van der Waals surface area contributed by atoms with Crippen LogP contribution in [0.4, 0.5) is 4.39 Å². The Balaban J connectivity index is 2.31. The molecular weight excluding hydrogens is 207 g/mol. The van der Waals surface area contributed by atoms with Crippen LogP contribution < -0.4 is 0 Å². The standard InChI is InChI=1S/C13H15FO2/c1-2-3-9-16-13(15)8-7-11-5-4-6-12(14)10-11/h2-6,10H,7-9H2,1H3/b3-2+. The summed E-state index contributed by atoms with van der Waals surface area (Å²) >= 11 is 0. The van der Waals surface area contributed by atoms with Crippen molar-refractivity contribution in [2.45, 2.75) is 19.8 Å². The highest BCUT2D eigenvalue weighted by molar-refractivity contribution is 5.69. The van der Waals surface area contributed by atoms with Crippen LogP contribution in [-0.2, 0) is 16.0 Å². The molecule has 1 aromatic carbocycles. The topological polar surface area (TPSA) is 26.3 Å². The second-order valence-electron chi connectivity index (χ2n) is 3.38. The Morgan fingerprint density at radius 3 is 3.00 bits per heavy atom. The third-order valence-corrected chi connectivity index (χ3v) is 2.08. The van der Waals surface area contributed by atoms with E-state index in [9.17, 15) is 9.18 Å². The molecule has 86 valence electrons. The van der Waals surface area contributed by atoms with E-state index in [-0.39, 0.29) is 18.2 Å². The second-order valence-corrected chi connectivity index (χ2v) is 3.38. The van der Waals surface area contributed by atoms with Crippen LogP contribution in [0.5, 0.6) is 0 Å². The number of esters is 1. The summed E-state index contributed by atoms with van der Waals surface area (Å²) in [6.07, 6.45) is 4.37. The fraction of sp³-hybridized carbons (Fsp3) is 0.308. The fourth-order valence-corrected chi connectivity index (χ4v) is 1.25. The van der Waals surface area contributed by atoms with Crippen molar-refractivity contribution in [1.82, 2.24) is 0 Å². The van der Waals surface area contributed by atoms with Crippen LogP contribution in [0.2, 0.25) is 0 Å². The smallest absolute Gasteiger partial charge is 0.306 e. The molecule has 0 bridgehead atoms. The molecule has 0 radical (unpaired) electrons. The molecule has 0 spiro atoms. The molecule has 0 aliphatic rings. The Hall–Kier alpha value is -1.64. The van der Waals surface area contributed by atoms with Crippen molar-refractivity contribution in [2.75, 3.05) is 6.61 Å². The van der Waals surface area contributed by atoms with Gasteiger partial charge in [0.2, 0.25) is 0 Å². The lowest BCUT2D eigenvalue weighted by atomic mass is 10.1. The van der Waals surface area contributed by atoms with Gasteiger partial charge in [0, 0.05) is 6.42 Å². The SMILES string of the molecule is C/C=C/COC(=O)CCc1cccc(F)c1. The first-order valence-corrected chi connectivity index (χ1v) is 5.23. The van der Waals surface area contributed by atoms with Gasteiger partial charge in [-0.05, 0) is 31.0 Å². The summed E-state index contributed by atoms with van der Waals surface area (Å²) < 4.78 is 17.7. The Morgan fingerprint density at radius 1 is 1.50 bits per heavy atom. The van der Waals surface area contributed by atoms with Crippen LogP contribution in [0.15, 0.2) is 36.4 Å². The van der Waals surface area contributed by atoms with E-state index in [1.165, 1.54) is 12.1 Å². The molecule has 1 rings (SSSR count). The number of carbonyl (C=O) groups excluding carboxylic acids is 1. The van der Waals surface area contributed by atoms with E-state index in [2.05, 4.69) is 0 Å². The van der Waals surface area contributed by atoms with Crippen molar-refractivity contribution in [3.05, 3.63) is 47.8 Å². The summed E-state index contributed by atoms with van der Waals surface area (Å²) in [4.78, 5) is 11.2. The summed E-state index contributed by atoms with van der Waals surface area (Å²) in [5.74, 6) is -0.540. The van der Waals surface area contributed by atoms with Crippen LogP contribution >= 0.6 is 0 Å². The Morgan fingerprint density at radius 2 is 2.31 bits per heavy atom. The molecule has 0 saturated carbocycles. The molecule has 0 aromatic heterocycles. The van der Waals surface area contributed by atoms with E-state index in [0.717, 1.165) is 5.56 Å². The third-order valence-electron chi connectivity index (χ3n) is 2.08. The third kappa shape index (κ3) is 4.73. The molecule has 2 nitrogen and oxygen atoms in total. The average Bonchev–Trinajstić information content (AvgIpc) is 2.27. The van der Waals surface area contributed by atoms with Gasteiger partial charge in [0.15, 0.2) is 0 Å². The van der Waals surface area contributed by atoms with Crippen molar-refractivity contribution in [1.29, 1.82) is 0 Å². The molecule has 16 heavy (non-hydrogen) atoms. The Labute approximate surface area is 94.7 Å². The first-order chi connectivity index (χ1) is 7.72. The largest absolute Gasteiger partial charge is 0.461 e. The van der Waals surface area contributed by atoms with Crippen molar-refractivity contribution in [3.8, 4) is 0 Å². The number of allylic oxidation sites excluding steroid dienone is 1. The number of rotatable bonds is 5. The molecule has 0 atom stereocenters. The molecule has 0 amide bonds. The highest BCUT2D eigenvalue weighted by atomic mass is 19.1. The Bertz CT molecular complexity index is 372. The van der Waals surface area contributed by atoms with Crippen LogP contribution in [-0.4, -0.2) is 12.6 Å². The molecule has 0 unspecified atom stereocenters. The summed E-state index contributed by atoms with van der Waals surface area (Å²) in [5.41, 5.74) is 0.808. The minimum Gasteiger partial charge on any atom is -0.461 e. The quantitative estimate of drug-likeness (QED) is 0.565. The number of halogens is 1. The normalized spacial score (nSPS) is 10.6. The van der Waals surface area contributed by atoms with E-state index in [4.69, 9.17) is 4.74 Å². The molecule has 0 heterocycles. The lowest BCUT2D eigenvalue weighted by molar-refractivity contribution is -0.142. The van der Waals surface area contributed by atoms with Crippen molar-refractivity contribution >= 4 is 5.97 Å². The van der Waals surface area contributed by atoms with E-state index >= 15 is 0 Å². The summed E-state index contributed by atoms with van der Waals surface area (Å²) in [7, 11) is 0. The molecule has 3 heteroatoms. The van der Waals surface area contributed by atoms with E-state index < -0.39 is 0 Å². The Kier molecular flexibility index (Phi) is 5.26. The van der Waals surface area contributed by atoms with Crippen molar-refractivity contribution in [2.24, 2.45) is 0 Å². The maximum Gasteiger partial charge on any atom is 0.306 e. The number of aryl methyl sites for hydroxylation is 1. The zero-order valence-electron chi connectivity index (χ0n) is 9.28. The molecule has 0 aliphatic heterocycles. The molecule has 1 aromatic rings. The highest BCUT2D eigenvalue weighted by Gasteiger charge is 2.03. The van der Waals surface area contributed by atoms with Gasteiger partial charge in [-0.25, -0.2) is 4.39 Å². The fourth-order valence-electron chi connectivity index (χ4n) is 1.25. The van der Waals surface area contributed by atoms with Crippen molar-refractivity contribution in [3.63, 3.8) is 0 Å². The van der Waals surface area contributed by atoms with E-state index in [1.807, 2.05) is 13.0 Å². The van der Waals surface area contributed by atoms with Gasteiger partial charge < -0.3 is 4.74 Å². The van der Waals surface area contributed by atoms with Gasteiger partial charge in [0.25, 0.3) is 0 Å². The molecule has 0 N–H and O–H groups in total. The zero-order chi connectivity index (χ0) is 11.8. The number of benzene rings is 1. The van der Waals surface area contributed by atoms with Crippen molar-refractivity contribution < 1.29 is 13.9 Å². The van der Waals surface area contributed by atoms with Crippen LogP contribution in [0.3, 0.4) is 0 Å². The molecule has 0 aliphatic carbocycles. The minimum atomic E-state index is -0.278. The maximum absolute atomic E-state index is 12.8. The number of carbonyl (C=O) groups is 1. The number of ether oxygens (including phenoxy) is 1. The summed E-state index contributed by atoms with van der Waals surface area (Å²) in [5, 5.41) is 0. The monoisotopic (exact) mass is 222 g/mol. The predicted molar refractivity (Wildman–Crippen MR) is 60.5 cm³/mol. The van der Waals surface area contributed by atoms with Gasteiger partial charge in [-0.15, -0.1) is 0 Å². The number of hydrogen-bond acceptors (Lipinski definition) is 2. The van der Waals surface area contributed by atoms with Gasteiger partial charge >= 0.3 is 5.97 Å². The lowest BCUT2D eigenvalue weighted by Gasteiger charge is -2.02. The predicted octanol–water partition coefficient (Wildman–Crippen LogP) is 2.88. The molecular formula is C13H15FO2. The van der Waals surface area contributed by atoms with Crippen LogP contribution in [0, 0.1) is 5.82 Å². The lowest BCUT2D eigenvalue weighted by Crippen LogP contribution is -2.05. The van der Waals surface area contributed by atoms with Gasteiger partial charge in [0.1, 0.15) is 12.4 Å². The van der Waals surface area contributed by atoms with Gasteiger partial charge in [0.05, 0.1) is 0 Å². The minimum absolute atomic E-state index is 0.262. The molecule has 0 saturated heterocycles. The maximum atomic E-state index is 12.8. The van der Waals surface area contributed by atoms with Crippen LogP contribution in [0.25, 0.3) is 0 Å². The van der Waals surface area contributed by atoms with Gasteiger partial charge in [-0.1, -0.05) is 24.3 Å². The summed E-state index contributed by atoms with van der Waals surface area (Å²) in [6.45, 7) is 2.17. The van der Waals surface area contributed by atoms with E-state index in [1.54, 1.807) is 18.2 Å². The van der Waals surface area contributed by atoms with Gasteiger partial charge in [-0.2, -0.15) is 0 Å². The first-order valence-electron chi connectivity index (χ1n) is 5.23. The number of hydrogen-bond donors (Lipinski definition) is 0.